The molecular formula is C16H32N4. The van der Waals surface area contributed by atoms with Gasteiger partial charge in [0.05, 0.1) is 0 Å². The molecule has 0 bridgehead atoms. The Bertz CT molecular complexity index is 357. The molecule has 0 aliphatic rings. The lowest BCUT2D eigenvalue weighted by atomic mass is 9.99. The van der Waals surface area contributed by atoms with Crippen molar-refractivity contribution in [1.29, 1.82) is 0 Å². The van der Waals surface area contributed by atoms with Crippen LogP contribution in [0.5, 0.6) is 0 Å². The fourth-order valence-electron chi connectivity index (χ4n) is 2.50. The molecule has 1 atom stereocenters. The van der Waals surface area contributed by atoms with E-state index in [0.717, 1.165) is 37.7 Å². The first-order valence-corrected chi connectivity index (χ1v) is 8.13. The van der Waals surface area contributed by atoms with Crippen LogP contribution in [0.25, 0.3) is 0 Å². The molecule has 0 aliphatic carbocycles. The summed E-state index contributed by atoms with van der Waals surface area (Å²) >= 11 is 0. The predicted molar refractivity (Wildman–Crippen MR) is 84.7 cm³/mol. The fraction of sp³-hybridized carbons (Fsp3) is 0.875. The van der Waals surface area contributed by atoms with Crippen LogP contribution in [0.1, 0.15) is 59.7 Å². The summed E-state index contributed by atoms with van der Waals surface area (Å²) < 4.78 is 2.07. The molecule has 0 saturated heterocycles. The number of aromatic nitrogens is 3. The van der Waals surface area contributed by atoms with Gasteiger partial charge in [-0.3, -0.25) is 0 Å². The Balaban J connectivity index is 2.51. The zero-order valence-corrected chi connectivity index (χ0v) is 13.9. The second-order valence-corrected chi connectivity index (χ2v) is 6.57. The lowest BCUT2D eigenvalue weighted by molar-refractivity contribution is 0.389. The average Bonchev–Trinajstić information content (AvgIpc) is 2.78. The van der Waals surface area contributed by atoms with E-state index in [0.29, 0.717) is 12.0 Å². The van der Waals surface area contributed by atoms with Crippen LogP contribution >= 0.6 is 0 Å². The summed E-state index contributed by atoms with van der Waals surface area (Å²) in [5.41, 5.74) is 0. The smallest absolute Gasteiger partial charge is 0.138 e. The molecule has 1 heterocycles. The first kappa shape index (κ1) is 17.2. The van der Waals surface area contributed by atoms with Gasteiger partial charge >= 0.3 is 0 Å². The molecule has 0 amide bonds. The van der Waals surface area contributed by atoms with Crippen LogP contribution in [-0.4, -0.2) is 27.4 Å². The number of aryl methyl sites for hydroxylation is 1. The van der Waals surface area contributed by atoms with Gasteiger partial charge < -0.3 is 5.32 Å². The Labute approximate surface area is 124 Å². The summed E-state index contributed by atoms with van der Waals surface area (Å²) in [6, 6.07) is 0.596. The van der Waals surface area contributed by atoms with Crippen LogP contribution in [-0.2, 0) is 13.0 Å². The van der Waals surface area contributed by atoms with E-state index < -0.39 is 0 Å². The highest BCUT2D eigenvalue weighted by atomic mass is 15.3. The molecule has 0 radical (unpaired) electrons. The van der Waals surface area contributed by atoms with Crippen LogP contribution in [0.3, 0.4) is 0 Å². The van der Waals surface area contributed by atoms with Crippen molar-refractivity contribution >= 4 is 0 Å². The van der Waals surface area contributed by atoms with Gasteiger partial charge in [-0.1, -0.05) is 34.6 Å². The summed E-state index contributed by atoms with van der Waals surface area (Å²) in [5, 5.41) is 8.01. The standard InChI is InChI=1S/C16H32N4/c1-6-9-17-15(10-13(2)3)7-8-16-18-12-19-20(16)11-14(4)5/h12-15,17H,6-11H2,1-5H3. The molecule has 0 aromatic carbocycles. The van der Waals surface area contributed by atoms with E-state index in [1.165, 1.54) is 12.8 Å². The molecular weight excluding hydrogens is 248 g/mol. The lowest BCUT2D eigenvalue weighted by Gasteiger charge is -2.20. The first-order chi connectivity index (χ1) is 9.52. The maximum absolute atomic E-state index is 4.42. The average molecular weight is 280 g/mol. The molecule has 0 aliphatic heterocycles. The van der Waals surface area contributed by atoms with Crippen molar-refractivity contribution in [3.63, 3.8) is 0 Å². The molecule has 1 aromatic heterocycles. The Morgan fingerprint density at radius 3 is 2.55 bits per heavy atom. The predicted octanol–water partition coefficient (Wildman–Crippen LogP) is 3.28. The quantitative estimate of drug-likeness (QED) is 0.715. The van der Waals surface area contributed by atoms with Crippen molar-refractivity contribution in [2.75, 3.05) is 6.54 Å². The van der Waals surface area contributed by atoms with Crippen molar-refractivity contribution in [1.82, 2.24) is 20.1 Å². The van der Waals surface area contributed by atoms with Gasteiger partial charge in [0.25, 0.3) is 0 Å². The van der Waals surface area contributed by atoms with Gasteiger partial charge in [-0.05, 0) is 37.6 Å². The molecule has 0 spiro atoms. The Kier molecular flexibility index (Phi) is 7.82. The summed E-state index contributed by atoms with van der Waals surface area (Å²) in [6.45, 7) is 13.3. The van der Waals surface area contributed by atoms with E-state index in [4.69, 9.17) is 0 Å². The van der Waals surface area contributed by atoms with Crippen LogP contribution in [0, 0.1) is 11.8 Å². The minimum atomic E-state index is 0.596. The number of hydrogen-bond acceptors (Lipinski definition) is 3. The van der Waals surface area contributed by atoms with Crippen molar-refractivity contribution in [3.05, 3.63) is 12.2 Å². The van der Waals surface area contributed by atoms with Gasteiger partial charge in [0, 0.05) is 19.0 Å². The zero-order chi connectivity index (χ0) is 15.0. The van der Waals surface area contributed by atoms with E-state index in [-0.39, 0.29) is 0 Å². The van der Waals surface area contributed by atoms with Crippen LogP contribution < -0.4 is 5.32 Å². The van der Waals surface area contributed by atoms with Crippen LogP contribution in [0.15, 0.2) is 6.33 Å². The Morgan fingerprint density at radius 2 is 1.95 bits per heavy atom. The number of nitrogens with one attached hydrogen (secondary N) is 1. The number of nitrogens with zero attached hydrogens (tertiary/aromatic N) is 3. The Hall–Kier alpha value is -0.900. The van der Waals surface area contributed by atoms with Crippen molar-refractivity contribution in [2.24, 2.45) is 11.8 Å². The van der Waals surface area contributed by atoms with E-state index in [2.05, 4.69) is 54.7 Å². The molecule has 0 saturated carbocycles. The molecule has 116 valence electrons. The van der Waals surface area contributed by atoms with Gasteiger partial charge in [-0.2, -0.15) is 5.10 Å². The Morgan fingerprint density at radius 1 is 1.20 bits per heavy atom. The lowest BCUT2D eigenvalue weighted by Crippen LogP contribution is -2.32. The molecule has 4 heteroatoms. The van der Waals surface area contributed by atoms with Gasteiger partial charge in [0.15, 0.2) is 0 Å². The maximum Gasteiger partial charge on any atom is 0.138 e. The molecule has 20 heavy (non-hydrogen) atoms. The zero-order valence-electron chi connectivity index (χ0n) is 13.9. The normalized spacial score (nSPS) is 13.3. The molecule has 1 rings (SSSR count). The molecule has 4 nitrogen and oxygen atoms in total. The molecule has 1 unspecified atom stereocenters. The van der Waals surface area contributed by atoms with Gasteiger partial charge in [0.1, 0.15) is 12.2 Å². The largest absolute Gasteiger partial charge is 0.314 e. The summed E-state index contributed by atoms with van der Waals surface area (Å²) in [6.07, 6.45) is 6.28. The van der Waals surface area contributed by atoms with E-state index >= 15 is 0 Å². The van der Waals surface area contributed by atoms with Crippen LogP contribution in [0.4, 0.5) is 0 Å². The minimum Gasteiger partial charge on any atom is -0.314 e. The highest BCUT2D eigenvalue weighted by Gasteiger charge is 2.13. The minimum absolute atomic E-state index is 0.596. The van der Waals surface area contributed by atoms with Crippen molar-refractivity contribution in [2.45, 2.75) is 72.9 Å². The molecule has 1 N–H and O–H groups in total. The van der Waals surface area contributed by atoms with E-state index in [9.17, 15) is 0 Å². The van der Waals surface area contributed by atoms with Crippen molar-refractivity contribution < 1.29 is 0 Å². The van der Waals surface area contributed by atoms with E-state index in [1.807, 2.05) is 0 Å². The number of rotatable bonds is 10. The highest BCUT2D eigenvalue weighted by molar-refractivity contribution is 4.87. The van der Waals surface area contributed by atoms with E-state index in [1.54, 1.807) is 6.33 Å². The van der Waals surface area contributed by atoms with Crippen molar-refractivity contribution in [3.8, 4) is 0 Å². The summed E-state index contributed by atoms with van der Waals surface area (Å²) in [5.74, 6) is 2.48. The van der Waals surface area contributed by atoms with Crippen LogP contribution in [0.2, 0.25) is 0 Å². The third kappa shape index (κ3) is 6.51. The van der Waals surface area contributed by atoms with Gasteiger partial charge in [0.2, 0.25) is 0 Å². The van der Waals surface area contributed by atoms with Gasteiger partial charge in [-0.25, -0.2) is 9.67 Å². The molecule has 1 aromatic rings. The summed E-state index contributed by atoms with van der Waals surface area (Å²) in [4.78, 5) is 4.42. The highest BCUT2D eigenvalue weighted by Crippen LogP contribution is 2.12. The second-order valence-electron chi connectivity index (χ2n) is 6.57. The summed E-state index contributed by atoms with van der Waals surface area (Å²) in [7, 11) is 0. The fourth-order valence-corrected chi connectivity index (χ4v) is 2.50. The first-order valence-electron chi connectivity index (χ1n) is 8.13. The molecule has 0 fully saturated rings. The monoisotopic (exact) mass is 280 g/mol. The SMILES string of the molecule is CCCNC(CCc1ncnn1CC(C)C)CC(C)C. The topological polar surface area (TPSA) is 42.7 Å². The maximum atomic E-state index is 4.42. The third-order valence-electron chi connectivity index (χ3n) is 3.39. The third-order valence-corrected chi connectivity index (χ3v) is 3.39. The number of hydrogen-bond donors (Lipinski definition) is 1. The second kappa shape index (κ2) is 9.11. The van der Waals surface area contributed by atoms with Gasteiger partial charge in [-0.15, -0.1) is 0 Å².